The van der Waals surface area contributed by atoms with E-state index >= 15 is 0 Å². The number of aliphatic hydroxyl groups is 1. The van der Waals surface area contributed by atoms with Crippen LogP contribution in [0.5, 0.6) is 0 Å². The second-order valence-corrected chi connectivity index (χ2v) is 6.51. The Morgan fingerprint density at radius 2 is 2.24 bits per heavy atom. The molecule has 1 saturated heterocycles. The van der Waals surface area contributed by atoms with Gasteiger partial charge in [0.2, 0.25) is 0 Å². The Balaban J connectivity index is 2.04. The highest BCUT2D eigenvalue weighted by molar-refractivity contribution is 5.68. The number of ether oxygens (including phenoxy) is 1. The van der Waals surface area contributed by atoms with Crippen molar-refractivity contribution in [2.24, 2.45) is 12.8 Å². The van der Waals surface area contributed by atoms with Gasteiger partial charge in [-0.05, 0) is 27.2 Å². The molecule has 2 heterocycles. The van der Waals surface area contributed by atoms with Gasteiger partial charge in [0, 0.05) is 13.6 Å². The molecule has 0 aromatic carbocycles. The van der Waals surface area contributed by atoms with Crippen LogP contribution in [0, 0.1) is 0 Å². The number of rotatable bonds is 2. The summed E-state index contributed by atoms with van der Waals surface area (Å²) in [6.45, 7) is 5.91. The monoisotopic (exact) mass is 297 g/mol. The molecule has 2 rings (SSSR count). The van der Waals surface area contributed by atoms with E-state index in [1.165, 1.54) is 15.9 Å². The lowest BCUT2D eigenvalue weighted by molar-refractivity contribution is 0.00371. The molecule has 0 aliphatic carbocycles. The molecule has 0 saturated carbocycles. The summed E-state index contributed by atoms with van der Waals surface area (Å²) in [5, 5.41) is 14.8. The number of carbonyl (C=O) groups is 1. The van der Waals surface area contributed by atoms with Gasteiger partial charge in [-0.25, -0.2) is 9.78 Å². The molecule has 1 aromatic heterocycles. The molecule has 0 bridgehead atoms. The summed E-state index contributed by atoms with van der Waals surface area (Å²) in [6, 6.07) is -0.744. The number of nitrogens with zero attached hydrogens (tertiary/aromatic N) is 4. The predicted molar refractivity (Wildman–Crippen MR) is 75.3 cm³/mol. The van der Waals surface area contributed by atoms with Gasteiger partial charge in [-0.15, -0.1) is 0 Å². The number of amides is 1. The SMILES string of the molecule is Cn1cnc(C(N)C2(O)CCN(C(=O)OC(C)(C)C)C2)n1. The summed E-state index contributed by atoms with van der Waals surface area (Å²) in [6.07, 6.45) is 1.45. The number of hydrogen-bond acceptors (Lipinski definition) is 6. The summed E-state index contributed by atoms with van der Waals surface area (Å²) in [5.41, 5.74) is 4.27. The Morgan fingerprint density at radius 1 is 1.57 bits per heavy atom. The molecular formula is C13H23N5O3. The number of hydrogen-bond donors (Lipinski definition) is 2. The zero-order valence-electron chi connectivity index (χ0n) is 12.9. The second-order valence-electron chi connectivity index (χ2n) is 6.51. The lowest BCUT2D eigenvalue weighted by Gasteiger charge is -2.29. The number of likely N-dealkylation sites (tertiary alicyclic amines) is 1. The van der Waals surface area contributed by atoms with Gasteiger partial charge in [-0.3, -0.25) is 4.68 Å². The molecule has 1 amide bonds. The molecule has 1 aromatic rings. The molecule has 3 N–H and O–H groups in total. The third-order valence-corrected chi connectivity index (χ3v) is 3.41. The van der Waals surface area contributed by atoms with Crippen molar-refractivity contribution in [3.63, 3.8) is 0 Å². The van der Waals surface area contributed by atoms with E-state index < -0.39 is 23.3 Å². The highest BCUT2D eigenvalue weighted by atomic mass is 16.6. The average Bonchev–Trinajstić information content (AvgIpc) is 2.94. The first-order chi connectivity index (χ1) is 9.61. The number of nitrogens with two attached hydrogens (primary N) is 1. The molecule has 21 heavy (non-hydrogen) atoms. The maximum atomic E-state index is 12.0. The van der Waals surface area contributed by atoms with Crippen LogP contribution in [0.2, 0.25) is 0 Å². The van der Waals surface area contributed by atoms with Crippen LogP contribution in [-0.2, 0) is 11.8 Å². The van der Waals surface area contributed by atoms with E-state index in [0.29, 0.717) is 18.8 Å². The lowest BCUT2D eigenvalue weighted by Crippen LogP contribution is -2.45. The van der Waals surface area contributed by atoms with Crippen LogP contribution < -0.4 is 5.73 Å². The highest BCUT2D eigenvalue weighted by Crippen LogP contribution is 2.31. The Labute approximate surface area is 123 Å². The first kappa shape index (κ1) is 15.7. The van der Waals surface area contributed by atoms with Crippen molar-refractivity contribution in [1.29, 1.82) is 0 Å². The van der Waals surface area contributed by atoms with Crippen LogP contribution >= 0.6 is 0 Å². The fourth-order valence-corrected chi connectivity index (χ4v) is 2.29. The van der Waals surface area contributed by atoms with Gasteiger partial charge in [0.1, 0.15) is 17.5 Å². The third-order valence-electron chi connectivity index (χ3n) is 3.41. The Morgan fingerprint density at radius 3 is 2.76 bits per heavy atom. The zero-order valence-corrected chi connectivity index (χ0v) is 12.9. The first-order valence-electron chi connectivity index (χ1n) is 6.92. The summed E-state index contributed by atoms with van der Waals surface area (Å²) in [4.78, 5) is 17.6. The number of aromatic nitrogens is 3. The fraction of sp³-hybridized carbons (Fsp3) is 0.769. The minimum Gasteiger partial charge on any atom is -0.444 e. The minimum absolute atomic E-state index is 0.112. The van der Waals surface area contributed by atoms with Gasteiger partial charge in [0.15, 0.2) is 5.82 Å². The molecular weight excluding hydrogens is 274 g/mol. The molecule has 1 aliphatic heterocycles. The van der Waals surface area contributed by atoms with Crippen molar-refractivity contribution in [2.75, 3.05) is 13.1 Å². The third kappa shape index (κ3) is 3.51. The fourth-order valence-electron chi connectivity index (χ4n) is 2.29. The van der Waals surface area contributed by atoms with Crippen LogP contribution in [0.1, 0.15) is 39.1 Å². The van der Waals surface area contributed by atoms with Crippen LogP contribution in [0.25, 0.3) is 0 Å². The minimum atomic E-state index is -1.24. The summed E-state index contributed by atoms with van der Waals surface area (Å²) < 4.78 is 6.83. The summed E-state index contributed by atoms with van der Waals surface area (Å²) in [5.74, 6) is 0.367. The summed E-state index contributed by atoms with van der Waals surface area (Å²) >= 11 is 0. The van der Waals surface area contributed by atoms with E-state index in [2.05, 4.69) is 10.1 Å². The quantitative estimate of drug-likeness (QED) is 0.807. The lowest BCUT2D eigenvalue weighted by atomic mass is 9.93. The van der Waals surface area contributed by atoms with Crippen molar-refractivity contribution < 1.29 is 14.6 Å². The van der Waals surface area contributed by atoms with Crippen LogP contribution in [-0.4, -0.2) is 55.2 Å². The average molecular weight is 297 g/mol. The van der Waals surface area contributed by atoms with Crippen LogP contribution in [0.4, 0.5) is 4.79 Å². The van der Waals surface area contributed by atoms with E-state index in [9.17, 15) is 9.90 Å². The smallest absolute Gasteiger partial charge is 0.410 e. The maximum absolute atomic E-state index is 12.0. The van der Waals surface area contributed by atoms with Crippen LogP contribution in [0.3, 0.4) is 0 Å². The molecule has 1 aliphatic rings. The molecule has 118 valence electrons. The predicted octanol–water partition coefficient (Wildman–Crippen LogP) is 0.187. The van der Waals surface area contributed by atoms with E-state index in [-0.39, 0.29) is 6.54 Å². The molecule has 2 unspecified atom stereocenters. The number of aryl methyl sites for hydroxylation is 1. The molecule has 0 spiro atoms. The van der Waals surface area contributed by atoms with Crippen molar-refractivity contribution in [2.45, 2.75) is 44.4 Å². The van der Waals surface area contributed by atoms with Crippen molar-refractivity contribution in [3.05, 3.63) is 12.2 Å². The first-order valence-corrected chi connectivity index (χ1v) is 6.92. The molecule has 1 fully saturated rings. The molecule has 0 radical (unpaired) electrons. The number of carbonyl (C=O) groups excluding carboxylic acids is 1. The molecule has 8 nitrogen and oxygen atoms in total. The van der Waals surface area contributed by atoms with E-state index in [0.717, 1.165) is 0 Å². The molecule has 8 heteroatoms. The largest absolute Gasteiger partial charge is 0.444 e. The van der Waals surface area contributed by atoms with Crippen molar-refractivity contribution in [3.8, 4) is 0 Å². The number of β-amino-alcohol motifs (C(OH)–C–C–N with tert-alkyl or cyclic N) is 1. The standard InChI is InChI=1S/C13H23N5O3/c1-12(2,3)21-11(19)18-6-5-13(20,7-18)9(14)10-15-8-17(4)16-10/h8-9,20H,5-7,14H2,1-4H3. The van der Waals surface area contributed by atoms with Gasteiger partial charge in [0.25, 0.3) is 0 Å². The van der Waals surface area contributed by atoms with E-state index in [1.807, 2.05) is 0 Å². The van der Waals surface area contributed by atoms with E-state index in [4.69, 9.17) is 10.5 Å². The second kappa shape index (κ2) is 5.27. The van der Waals surface area contributed by atoms with Gasteiger partial charge < -0.3 is 20.5 Å². The van der Waals surface area contributed by atoms with Gasteiger partial charge in [-0.2, -0.15) is 5.10 Å². The van der Waals surface area contributed by atoms with Gasteiger partial charge in [-0.1, -0.05) is 0 Å². The zero-order chi connectivity index (χ0) is 15.8. The van der Waals surface area contributed by atoms with Crippen molar-refractivity contribution in [1.82, 2.24) is 19.7 Å². The maximum Gasteiger partial charge on any atom is 0.410 e. The van der Waals surface area contributed by atoms with E-state index in [1.54, 1.807) is 27.8 Å². The van der Waals surface area contributed by atoms with Crippen molar-refractivity contribution >= 4 is 6.09 Å². The molecule has 2 atom stereocenters. The summed E-state index contributed by atoms with van der Waals surface area (Å²) in [7, 11) is 1.73. The Bertz CT molecular complexity index is 524. The Kier molecular flexibility index (Phi) is 3.94. The topological polar surface area (TPSA) is 106 Å². The van der Waals surface area contributed by atoms with Crippen LogP contribution in [0.15, 0.2) is 6.33 Å². The van der Waals surface area contributed by atoms with Gasteiger partial charge in [0.05, 0.1) is 12.6 Å². The highest BCUT2D eigenvalue weighted by Gasteiger charge is 2.45. The Hall–Kier alpha value is -1.67. The normalized spacial score (nSPS) is 24.2. The van der Waals surface area contributed by atoms with Gasteiger partial charge >= 0.3 is 6.09 Å².